The maximum atomic E-state index is 5.34. The van der Waals surface area contributed by atoms with Crippen molar-refractivity contribution in [3.63, 3.8) is 0 Å². The number of nitrogens with zero attached hydrogens (tertiary/aromatic N) is 4. The maximum absolute atomic E-state index is 5.34. The molecule has 0 spiro atoms. The number of anilines is 1. The molecule has 8 heteroatoms. The van der Waals surface area contributed by atoms with E-state index >= 15 is 0 Å². The molecule has 1 atom stereocenters. The van der Waals surface area contributed by atoms with Crippen LogP contribution in [0.1, 0.15) is 34.9 Å². The van der Waals surface area contributed by atoms with Gasteiger partial charge in [-0.05, 0) is 31.0 Å². The van der Waals surface area contributed by atoms with Gasteiger partial charge < -0.3 is 19.9 Å². The fraction of sp³-hybridized carbons (Fsp3) is 0.500. The number of aromatic nitrogens is 1. The minimum absolute atomic E-state index is 0. The molecule has 0 radical (unpaired) electrons. The van der Waals surface area contributed by atoms with Crippen LogP contribution in [0.25, 0.3) is 0 Å². The summed E-state index contributed by atoms with van der Waals surface area (Å²) < 4.78 is 5.34. The van der Waals surface area contributed by atoms with Gasteiger partial charge in [-0.25, -0.2) is 4.98 Å². The first-order chi connectivity index (χ1) is 12.8. The van der Waals surface area contributed by atoms with Crippen molar-refractivity contribution in [1.29, 1.82) is 0 Å². The third-order valence-corrected chi connectivity index (χ3v) is 5.46. The van der Waals surface area contributed by atoms with Crippen molar-refractivity contribution in [2.24, 2.45) is 4.99 Å². The molecule has 2 aromatic rings. The van der Waals surface area contributed by atoms with Gasteiger partial charge in [0.05, 0.1) is 12.2 Å². The molecule has 1 heterocycles. The third-order valence-electron chi connectivity index (χ3n) is 4.40. The molecule has 0 aliphatic heterocycles. The van der Waals surface area contributed by atoms with Crippen LogP contribution >= 0.6 is 35.3 Å². The van der Waals surface area contributed by atoms with Gasteiger partial charge >= 0.3 is 0 Å². The molecule has 0 fully saturated rings. The minimum atomic E-state index is 0. The molecular formula is C20H32IN5OS. The van der Waals surface area contributed by atoms with E-state index in [1.54, 1.807) is 25.5 Å². The van der Waals surface area contributed by atoms with E-state index in [2.05, 4.69) is 69.7 Å². The van der Waals surface area contributed by atoms with Crippen LogP contribution in [0.15, 0.2) is 28.6 Å². The molecule has 0 aliphatic carbocycles. The first-order valence-electron chi connectivity index (χ1n) is 9.01. The predicted octanol–water partition coefficient (Wildman–Crippen LogP) is 4.05. The monoisotopic (exact) mass is 517 g/mol. The summed E-state index contributed by atoms with van der Waals surface area (Å²) in [4.78, 5) is 13.3. The molecule has 1 aromatic heterocycles. The standard InChI is InChI=1S/C20H31N5OS.HI/c1-14-8-9-16(18(10-14)24(4)5)11-22-20(21-3)25(6)12-17-13-27-19(23-17)15(2)26-7;/h8-10,13,15H,11-12H2,1-7H3,(H,21,22);1H. The quantitative estimate of drug-likeness (QED) is 0.341. The van der Waals surface area contributed by atoms with E-state index in [9.17, 15) is 0 Å². The predicted molar refractivity (Wildman–Crippen MR) is 130 cm³/mol. The molecule has 2 rings (SSSR count). The van der Waals surface area contributed by atoms with Crippen LogP contribution in [0.3, 0.4) is 0 Å². The fourth-order valence-electron chi connectivity index (χ4n) is 2.80. The number of rotatable bonds is 7. The van der Waals surface area contributed by atoms with Gasteiger partial charge in [0.2, 0.25) is 0 Å². The van der Waals surface area contributed by atoms with E-state index in [1.807, 2.05) is 14.0 Å². The number of aryl methyl sites for hydroxylation is 1. The Morgan fingerprint density at radius 2 is 2.04 bits per heavy atom. The molecule has 28 heavy (non-hydrogen) atoms. The topological polar surface area (TPSA) is 53.0 Å². The fourth-order valence-corrected chi connectivity index (χ4v) is 3.64. The van der Waals surface area contributed by atoms with Crippen molar-refractivity contribution in [2.45, 2.75) is 33.0 Å². The molecule has 0 amide bonds. The highest BCUT2D eigenvalue weighted by atomic mass is 127. The van der Waals surface area contributed by atoms with Gasteiger partial charge in [0, 0.05) is 52.9 Å². The zero-order chi connectivity index (χ0) is 20.0. The average Bonchev–Trinajstić information content (AvgIpc) is 3.10. The van der Waals surface area contributed by atoms with E-state index < -0.39 is 0 Å². The van der Waals surface area contributed by atoms with Gasteiger partial charge in [0.1, 0.15) is 11.1 Å². The van der Waals surface area contributed by atoms with Crippen molar-refractivity contribution in [2.75, 3.05) is 40.2 Å². The summed E-state index contributed by atoms with van der Waals surface area (Å²) in [6, 6.07) is 6.52. The van der Waals surface area contributed by atoms with E-state index in [-0.39, 0.29) is 30.1 Å². The molecule has 1 unspecified atom stereocenters. The van der Waals surface area contributed by atoms with Gasteiger partial charge in [-0.1, -0.05) is 12.1 Å². The average molecular weight is 517 g/mol. The first kappa shape index (κ1) is 24.6. The van der Waals surface area contributed by atoms with Gasteiger partial charge in [-0.3, -0.25) is 4.99 Å². The number of benzene rings is 1. The smallest absolute Gasteiger partial charge is 0.194 e. The zero-order valence-corrected chi connectivity index (χ0v) is 21.0. The van der Waals surface area contributed by atoms with Crippen molar-refractivity contribution >= 4 is 47.0 Å². The number of methoxy groups -OCH3 is 1. The number of aliphatic imine (C=N–C) groups is 1. The Hall–Kier alpha value is -1.39. The highest BCUT2D eigenvalue weighted by Crippen LogP contribution is 2.22. The van der Waals surface area contributed by atoms with Gasteiger partial charge in [-0.15, -0.1) is 35.3 Å². The number of hydrogen-bond acceptors (Lipinski definition) is 5. The lowest BCUT2D eigenvalue weighted by Gasteiger charge is -2.23. The van der Waals surface area contributed by atoms with Crippen LogP contribution in [0.5, 0.6) is 0 Å². The SMILES string of the molecule is CN=C(NCc1ccc(C)cc1N(C)C)N(C)Cc1csc(C(C)OC)n1.I. The van der Waals surface area contributed by atoms with Gasteiger partial charge in [0.25, 0.3) is 0 Å². The van der Waals surface area contributed by atoms with Crippen molar-refractivity contribution in [3.05, 3.63) is 45.4 Å². The largest absolute Gasteiger partial charge is 0.377 e. The Labute approximate surface area is 190 Å². The number of ether oxygens (including phenoxy) is 1. The Balaban J connectivity index is 0.00000392. The van der Waals surface area contributed by atoms with E-state index in [4.69, 9.17) is 4.74 Å². The summed E-state index contributed by atoms with van der Waals surface area (Å²) in [5, 5.41) is 6.54. The van der Waals surface area contributed by atoms with Gasteiger partial charge in [-0.2, -0.15) is 0 Å². The second-order valence-electron chi connectivity index (χ2n) is 6.84. The van der Waals surface area contributed by atoms with Crippen molar-refractivity contribution in [3.8, 4) is 0 Å². The van der Waals surface area contributed by atoms with Crippen LogP contribution in [0.2, 0.25) is 0 Å². The van der Waals surface area contributed by atoms with Crippen LogP contribution in [0.4, 0.5) is 5.69 Å². The number of hydrogen-bond donors (Lipinski definition) is 1. The highest BCUT2D eigenvalue weighted by molar-refractivity contribution is 14.0. The van der Waals surface area contributed by atoms with Crippen LogP contribution in [-0.2, 0) is 17.8 Å². The van der Waals surface area contributed by atoms with Gasteiger partial charge in [0.15, 0.2) is 5.96 Å². The normalized spacial score (nSPS) is 12.3. The van der Waals surface area contributed by atoms with Crippen LogP contribution in [0, 0.1) is 6.92 Å². The summed E-state index contributed by atoms with van der Waals surface area (Å²) in [7, 11) is 9.67. The number of thiazole rings is 1. The third kappa shape index (κ3) is 6.59. The van der Waals surface area contributed by atoms with E-state index in [0.717, 1.165) is 16.7 Å². The molecule has 0 saturated heterocycles. The number of guanidine groups is 1. The van der Waals surface area contributed by atoms with Crippen molar-refractivity contribution < 1.29 is 4.74 Å². The summed E-state index contributed by atoms with van der Waals surface area (Å²) in [6.45, 7) is 5.54. The lowest BCUT2D eigenvalue weighted by molar-refractivity contribution is 0.119. The molecule has 6 nitrogen and oxygen atoms in total. The minimum Gasteiger partial charge on any atom is -0.377 e. The Morgan fingerprint density at radius 1 is 1.32 bits per heavy atom. The molecule has 0 aliphatic rings. The zero-order valence-electron chi connectivity index (χ0n) is 17.8. The summed E-state index contributed by atoms with van der Waals surface area (Å²) in [5.41, 5.74) is 4.74. The Kier molecular flexibility index (Phi) is 10.2. The second kappa shape index (κ2) is 11.6. The molecule has 0 bridgehead atoms. The maximum Gasteiger partial charge on any atom is 0.194 e. The summed E-state index contributed by atoms with van der Waals surface area (Å²) in [5.74, 6) is 0.842. The molecule has 1 aromatic carbocycles. The van der Waals surface area contributed by atoms with Crippen molar-refractivity contribution in [1.82, 2.24) is 15.2 Å². The summed E-state index contributed by atoms with van der Waals surface area (Å²) in [6.07, 6.45) is 0.0254. The molecule has 156 valence electrons. The lowest BCUT2D eigenvalue weighted by atomic mass is 10.1. The summed E-state index contributed by atoms with van der Waals surface area (Å²) >= 11 is 1.63. The lowest BCUT2D eigenvalue weighted by Crippen LogP contribution is -2.38. The molecule has 0 saturated carbocycles. The molecule has 1 N–H and O–H groups in total. The second-order valence-corrected chi connectivity index (χ2v) is 7.73. The first-order valence-corrected chi connectivity index (χ1v) is 9.89. The Bertz CT molecular complexity index is 778. The number of nitrogens with one attached hydrogen (secondary N) is 1. The van der Waals surface area contributed by atoms with E-state index in [0.29, 0.717) is 13.1 Å². The van der Waals surface area contributed by atoms with Crippen LogP contribution < -0.4 is 10.2 Å². The highest BCUT2D eigenvalue weighted by Gasteiger charge is 2.13. The Morgan fingerprint density at radius 3 is 2.64 bits per heavy atom. The van der Waals surface area contributed by atoms with Crippen LogP contribution in [-0.4, -0.2) is 51.1 Å². The van der Waals surface area contributed by atoms with E-state index in [1.165, 1.54) is 16.8 Å². The number of halogens is 1. The molecular weight excluding hydrogens is 485 g/mol.